The van der Waals surface area contributed by atoms with E-state index < -0.39 is 11.7 Å². The molecule has 9 heteroatoms. The van der Waals surface area contributed by atoms with E-state index in [0.717, 1.165) is 27.4 Å². The van der Waals surface area contributed by atoms with Crippen molar-refractivity contribution in [3.05, 3.63) is 52.9 Å². The molecular weight excluding hydrogens is 486 g/mol. The fraction of sp³-hybridized carbons (Fsp3) is 0.500. The average molecular weight is 524 g/mol. The van der Waals surface area contributed by atoms with Crippen LogP contribution in [0.1, 0.15) is 76.1 Å². The van der Waals surface area contributed by atoms with Crippen LogP contribution < -0.4 is 5.32 Å². The minimum absolute atomic E-state index is 0.308. The fourth-order valence-electron chi connectivity index (χ4n) is 4.93. The van der Waals surface area contributed by atoms with Crippen LogP contribution in [0, 0.1) is 12.3 Å². The second kappa shape index (κ2) is 10.4. The summed E-state index contributed by atoms with van der Waals surface area (Å²) in [5, 5.41) is 25.6. The maximum Gasteiger partial charge on any atom is 0.407 e. The highest BCUT2D eigenvalue weighted by Crippen LogP contribution is 2.43. The van der Waals surface area contributed by atoms with Gasteiger partial charge < -0.3 is 20.4 Å². The number of aryl methyl sites for hydroxylation is 1. The Bertz CT molecular complexity index is 1270. The van der Waals surface area contributed by atoms with E-state index in [0.29, 0.717) is 42.7 Å². The van der Waals surface area contributed by atoms with E-state index in [1.807, 2.05) is 45.9 Å². The van der Waals surface area contributed by atoms with Gasteiger partial charge in [-0.3, -0.25) is 0 Å². The van der Waals surface area contributed by atoms with Gasteiger partial charge in [0.2, 0.25) is 5.95 Å². The lowest BCUT2D eigenvalue weighted by Crippen LogP contribution is -2.48. The SMILES string of the molecule is Cc1cc(Nc2nccc(C(C)C)n2)cc(-c2cnc([C@@]3(O)CCCN(C(=O)O)C(C(C)(C)C)C3)s2)c1. The Balaban J connectivity index is 1.62. The predicted molar refractivity (Wildman–Crippen MR) is 147 cm³/mol. The van der Waals surface area contributed by atoms with E-state index in [9.17, 15) is 15.0 Å². The first-order valence-corrected chi connectivity index (χ1v) is 13.6. The van der Waals surface area contributed by atoms with Crippen molar-refractivity contribution in [2.24, 2.45) is 5.41 Å². The Morgan fingerprint density at radius 2 is 2.00 bits per heavy atom. The summed E-state index contributed by atoms with van der Waals surface area (Å²) >= 11 is 1.47. The number of hydrogen-bond donors (Lipinski definition) is 3. The Kier molecular flexibility index (Phi) is 7.57. The van der Waals surface area contributed by atoms with Crippen LogP contribution in [0.15, 0.2) is 36.7 Å². The summed E-state index contributed by atoms with van der Waals surface area (Å²) in [5.74, 6) is 0.860. The first-order chi connectivity index (χ1) is 17.4. The van der Waals surface area contributed by atoms with Crippen LogP contribution in [0.3, 0.4) is 0 Å². The molecule has 0 bridgehead atoms. The number of carbonyl (C=O) groups is 1. The smallest absolute Gasteiger partial charge is 0.407 e. The number of likely N-dealkylation sites (tertiary alicyclic amines) is 1. The van der Waals surface area contributed by atoms with Crippen molar-refractivity contribution in [2.75, 3.05) is 11.9 Å². The number of aromatic nitrogens is 3. The zero-order valence-electron chi connectivity index (χ0n) is 22.4. The van der Waals surface area contributed by atoms with Crippen molar-refractivity contribution >= 4 is 29.1 Å². The van der Waals surface area contributed by atoms with E-state index in [4.69, 9.17) is 0 Å². The molecule has 2 atom stereocenters. The molecule has 1 aromatic carbocycles. The maximum atomic E-state index is 12.0. The Labute approximate surface area is 222 Å². The molecule has 1 aliphatic rings. The molecule has 198 valence electrons. The monoisotopic (exact) mass is 523 g/mol. The van der Waals surface area contributed by atoms with Gasteiger partial charge in [0.1, 0.15) is 10.6 Å². The van der Waals surface area contributed by atoms with Gasteiger partial charge in [-0.05, 0) is 60.4 Å². The topological polar surface area (TPSA) is 111 Å². The number of anilines is 2. The Morgan fingerprint density at radius 3 is 2.68 bits per heavy atom. The van der Waals surface area contributed by atoms with Crippen LogP contribution in [0.2, 0.25) is 0 Å². The molecule has 0 saturated carbocycles. The first kappa shape index (κ1) is 27.0. The molecule has 37 heavy (non-hydrogen) atoms. The minimum atomic E-state index is -1.18. The average Bonchev–Trinajstić information content (AvgIpc) is 3.23. The second-order valence-electron chi connectivity index (χ2n) is 11.4. The summed E-state index contributed by atoms with van der Waals surface area (Å²) in [5.41, 5.74) is 2.42. The van der Waals surface area contributed by atoms with Crippen molar-refractivity contribution in [1.82, 2.24) is 19.9 Å². The molecular formula is C28H37N5O3S. The van der Waals surface area contributed by atoms with Gasteiger partial charge in [-0.2, -0.15) is 0 Å². The van der Waals surface area contributed by atoms with Crippen molar-refractivity contribution in [1.29, 1.82) is 0 Å². The van der Waals surface area contributed by atoms with Gasteiger partial charge in [0, 0.05) is 42.8 Å². The number of carboxylic acid groups (broad SMARTS) is 1. The highest BCUT2D eigenvalue weighted by Gasteiger charge is 2.45. The van der Waals surface area contributed by atoms with Gasteiger partial charge in [-0.25, -0.2) is 19.7 Å². The van der Waals surface area contributed by atoms with Gasteiger partial charge in [0.15, 0.2) is 0 Å². The zero-order valence-corrected chi connectivity index (χ0v) is 23.3. The zero-order chi connectivity index (χ0) is 27.0. The minimum Gasteiger partial charge on any atom is -0.465 e. The molecule has 1 saturated heterocycles. The number of nitrogens with one attached hydrogen (secondary N) is 1. The van der Waals surface area contributed by atoms with Gasteiger partial charge in [-0.1, -0.05) is 40.7 Å². The van der Waals surface area contributed by atoms with Crippen LogP contribution in [0.4, 0.5) is 16.4 Å². The maximum absolute atomic E-state index is 12.0. The van der Waals surface area contributed by atoms with Gasteiger partial charge in [0.25, 0.3) is 0 Å². The second-order valence-corrected chi connectivity index (χ2v) is 12.4. The highest BCUT2D eigenvalue weighted by atomic mass is 32.1. The largest absolute Gasteiger partial charge is 0.465 e. The number of nitrogens with zero attached hydrogens (tertiary/aromatic N) is 4. The number of hydrogen-bond acceptors (Lipinski definition) is 7. The summed E-state index contributed by atoms with van der Waals surface area (Å²) in [7, 11) is 0. The van der Waals surface area contributed by atoms with Crippen LogP contribution in [-0.4, -0.2) is 48.7 Å². The third-order valence-electron chi connectivity index (χ3n) is 6.93. The summed E-state index contributed by atoms with van der Waals surface area (Å²) in [4.78, 5) is 28.0. The molecule has 3 N–H and O–H groups in total. The molecule has 0 radical (unpaired) electrons. The molecule has 1 amide bonds. The van der Waals surface area contributed by atoms with E-state index in [2.05, 4.69) is 40.2 Å². The lowest BCUT2D eigenvalue weighted by Gasteiger charge is -2.40. The number of amides is 1. The molecule has 8 nitrogen and oxygen atoms in total. The van der Waals surface area contributed by atoms with E-state index >= 15 is 0 Å². The molecule has 1 fully saturated rings. The number of thiazole rings is 1. The Hall–Kier alpha value is -3.04. The standard InChI is InChI=1S/C28H37N5O3S/c1-17(2)21-8-10-29-25(32-21)31-20-13-18(3)12-19(14-20)22-16-30-24(37-22)28(36)9-7-11-33(26(34)35)23(15-28)27(4,5)6/h8,10,12-14,16-17,23,36H,7,9,11,15H2,1-6H3,(H,34,35)(H,29,31,32)/t23?,28-/m1/s1. The predicted octanol–water partition coefficient (Wildman–Crippen LogP) is 6.54. The van der Waals surface area contributed by atoms with E-state index in [1.54, 1.807) is 12.4 Å². The summed E-state index contributed by atoms with van der Waals surface area (Å²) in [6, 6.07) is 7.78. The summed E-state index contributed by atoms with van der Waals surface area (Å²) in [6.07, 6.45) is 4.00. The van der Waals surface area contributed by atoms with Crippen LogP contribution in [-0.2, 0) is 5.60 Å². The summed E-state index contributed by atoms with van der Waals surface area (Å²) in [6.45, 7) is 12.7. The molecule has 4 rings (SSSR count). The molecule has 2 aromatic heterocycles. The van der Waals surface area contributed by atoms with Gasteiger partial charge >= 0.3 is 6.09 Å². The molecule has 3 heterocycles. The lowest BCUT2D eigenvalue weighted by atomic mass is 9.79. The first-order valence-electron chi connectivity index (χ1n) is 12.8. The van der Waals surface area contributed by atoms with Crippen LogP contribution in [0.5, 0.6) is 0 Å². The summed E-state index contributed by atoms with van der Waals surface area (Å²) < 4.78 is 0. The Morgan fingerprint density at radius 1 is 1.24 bits per heavy atom. The van der Waals surface area contributed by atoms with Crippen molar-refractivity contribution in [3.63, 3.8) is 0 Å². The fourth-order valence-corrected chi connectivity index (χ4v) is 5.96. The van der Waals surface area contributed by atoms with E-state index in [-0.39, 0.29) is 11.5 Å². The molecule has 1 aliphatic heterocycles. The normalized spacial score (nSPS) is 20.6. The third-order valence-corrected chi connectivity index (χ3v) is 8.17. The molecule has 0 spiro atoms. The van der Waals surface area contributed by atoms with Crippen molar-refractivity contribution < 1.29 is 15.0 Å². The molecule has 1 unspecified atom stereocenters. The number of rotatable bonds is 5. The van der Waals surface area contributed by atoms with Crippen molar-refractivity contribution in [3.8, 4) is 10.4 Å². The number of aliphatic hydroxyl groups is 1. The van der Waals surface area contributed by atoms with Crippen LogP contribution in [0.25, 0.3) is 10.4 Å². The van der Waals surface area contributed by atoms with Gasteiger partial charge in [-0.15, -0.1) is 11.3 Å². The highest BCUT2D eigenvalue weighted by molar-refractivity contribution is 7.15. The molecule has 0 aliphatic carbocycles. The van der Waals surface area contributed by atoms with Crippen LogP contribution >= 0.6 is 11.3 Å². The van der Waals surface area contributed by atoms with Gasteiger partial charge in [0.05, 0.1) is 4.88 Å². The lowest BCUT2D eigenvalue weighted by molar-refractivity contribution is -0.0107. The molecule has 3 aromatic rings. The quantitative estimate of drug-likeness (QED) is 0.348. The third kappa shape index (κ3) is 6.10. The number of benzene rings is 1. The van der Waals surface area contributed by atoms with Crippen molar-refractivity contribution in [2.45, 2.75) is 78.4 Å². The van der Waals surface area contributed by atoms with E-state index in [1.165, 1.54) is 16.2 Å².